The van der Waals surface area contributed by atoms with Crippen LogP contribution >= 0.6 is 11.3 Å². The van der Waals surface area contributed by atoms with Crippen molar-refractivity contribution in [2.75, 3.05) is 6.61 Å². The molecule has 0 saturated carbocycles. The first kappa shape index (κ1) is 18.1. The summed E-state index contributed by atoms with van der Waals surface area (Å²) in [5.74, 6) is 0.689. The van der Waals surface area contributed by atoms with Crippen LogP contribution in [0, 0.1) is 0 Å². The second-order valence-electron chi connectivity index (χ2n) is 6.00. The fourth-order valence-electron chi connectivity index (χ4n) is 2.49. The highest BCUT2D eigenvalue weighted by Crippen LogP contribution is 2.22. The predicted octanol–water partition coefficient (Wildman–Crippen LogP) is 4.92. The minimum absolute atomic E-state index is 0.106. The molecule has 2 aromatic heterocycles. The molecule has 0 aliphatic rings. The molecule has 0 saturated heterocycles. The lowest BCUT2D eigenvalue weighted by atomic mass is 10.1. The number of rotatable bonds is 8. The normalized spacial score (nSPS) is 10.5. The lowest BCUT2D eigenvalue weighted by Gasteiger charge is -2.08. The molecule has 1 amide bonds. The van der Waals surface area contributed by atoms with Crippen LogP contribution in [0.1, 0.15) is 35.7 Å². The van der Waals surface area contributed by atoms with E-state index < -0.39 is 0 Å². The standard InChI is InChI=1S/C21H22N2O2S/c1-2-3-9-25-20-6-4-17(5-7-20)21(24)23-13-16-11-19(14-22-12-16)18-8-10-26-15-18/h4-8,10-12,14-15H,2-3,9,13H2,1H3,(H,23,24). The van der Waals surface area contributed by atoms with E-state index in [1.165, 1.54) is 0 Å². The SMILES string of the molecule is CCCCOc1ccc(C(=O)NCc2cncc(-c3ccsc3)c2)cc1. The van der Waals surface area contributed by atoms with Crippen LogP contribution in [0.15, 0.2) is 59.6 Å². The molecular formula is C21H22N2O2S. The number of carbonyl (C=O) groups is 1. The fraction of sp³-hybridized carbons (Fsp3) is 0.238. The van der Waals surface area contributed by atoms with E-state index in [0.29, 0.717) is 18.7 Å². The van der Waals surface area contributed by atoms with Crippen LogP contribution < -0.4 is 10.1 Å². The molecule has 1 N–H and O–H groups in total. The molecule has 0 aliphatic heterocycles. The van der Waals surface area contributed by atoms with Crippen LogP contribution in [0.5, 0.6) is 5.75 Å². The average Bonchev–Trinajstić information content (AvgIpc) is 3.22. The highest BCUT2D eigenvalue weighted by atomic mass is 32.1. The Morgan fingerprint density at radius 1 is 1.15 bits per heavy atom. The molecule has 5 heteroatoms. The van der Waals surface area contributed by atoms with Crippen molar-refractivity contribution in [1.82, 2.24) is 10.3 Å². The van der Waals surface area contributed by atoms with Gasteiger partial charge in [-0.2, -0.15) is 11.3 Å². The number of unbranched alkanes of at least 4 members (excludes halogenated alkanes) is 1. The lowest BCUT2D eigenvalue weighted by molar-refractivity contribution is 0.0951. The molecule has 1 aromatic carbocycles. The van der Waals surface area contributed by atoms with E-state index in [1.807, 2.05) is 23.7 Å². The third-order valence-electron chi connectivity index (χ3n) is 3.99. The molecular weight excluding hydrogens is 344 g/mol. The Kier molecular flexibility index (Phi) is 6.39. The van der Waals surface area contributed by atoms with Gasteiger partial charge in [0.25, 0.3) is 5.91 Å². The Balaban J connectivity index is 1.56. The second kappa shape index (κ2) is 9.15. The number of benzene rings is 1. The summed E-state index contributed by atoms with van der Waals surface area (Å²) >= 11 is 1.66. The van der Waals surface area contributed by atoms with Crippen molar-refractivity contribution in [1.29, 1.82) is 0 Å². The molecule has 26 heavy (non-hydrogen) atoms. The largest absolute Gasteiger partial charge is 0.494 e. The number of hydrogen-bond donors (Lipinski definition) is 1. The maximum absolute atomic E-state index is 12.3. The zero-order chi connectivity index (χ0) is 18.2. The predicted molar refractivity (Wildman–Crippen MR) is 106 cm³/mol. The number of nitrogens with zero attached hydrogens (tertiary/aromatic N) is 1. The van der Waals surface area contributed by atoms with Gasteiger partial charge in [-0.3, -0.25) is 9.78 Å². The minimum atomic E-state index is -0.106. The number of aromatic nitrogens is 1. The van der Waals surface area contributed by atoms with Gasteiger partial charge in [-0.15, -0.1) is 0 Å². The zero-order valence-electron chi connectivity index (χ0n) is 14.8. The van der Waals surface area contributed by atoms with Crippen molar-refractivity contribution >= 4 is 17.2 Å². The third-order valence-corrected chi connectivity index (χ3v) is 4.67. The highest BCUT2D eigenvalue weighted by molar-refractivity contribution is 7.08. The van der Waals surface area contributed by atoms with Gasteiger partial charge in [0.1, 0.15) is 5.75 Å². The molecule has 0 unspecified atom stereocenters. The van der Waals surface area contributed by atoms with E-state index in [2.05, 4.69) is 34.7 Å². The van der Waals surface area contributed by atoms with Gasteiger partial charge in [-0.25, -0.2) is 0 Å². The molecule has 0 bridgehead atoms. The van der Waals surface area contributed by atoms with E-state index in [0.717, 1.165) is 35.3 Å². The Morgan fingerprint density at radius 3 is 2.73 bits per heavy atom. The van der Waals surface area contributed by atoms with E-state index in [9.17, 15) is 4.79 Å². The van der Waals surface area contributed by atoms with Gasteiger partial charge in [-0.05, 0) is 64.7 Å². The van der Waals surface area contributed by atoms with Crippen molar-refractivity contribution in [3.63, 3.8) is 0 Å². The summed E-state index contributed by atoms with van der Waals surface area (Å²) in [5.41, 5.74) is 3.80. The van der Waals surface area contributed by atoms with E-state index in [4.69, 9.17) is 4.74 Å². The van der Waals surface area contributed by atoms with Crippen LogP contribution in [0.3, 0.4) is 0 Å². The van der Waals surface area contributed by atoms with E-state index in [-0.39, 0.29) is 5.91 Å². The van der Waals surface area contributed by atoms with Gasteiger partial charge < -0.3 is 10.1 Å². The number of nitrogens with one attached hydrogen (secondary N) is 1. The van der Waals surface area contributed by atoms with Crippen molar-refractivity contribution in [2.45, 2.75) is 26.3 Å². The van der Waals surface area contributed by atoms with Crippen molar-refractivity contribution in [3.8, 4) is 16.9 Å². The quantitative estimate of drug-likeness (QED) is 0.576. The molecule has 0 aliphatic carbocycles. The van der Waals surface area contributed by atoms with Gasteiger partial charge >= 0.3 is 0 Å². The number of hydrogen-bond acceptors (Lipinski definition) is 4. The molecule has 2 heterocycles. The molecule has 0 fully saturated rings. The summed E-state index contributed by atoms with van der Waals surface area (Å²) < 4.78 is 5.62. The summed E-state index contributed by atoms with van der Waals surface area (Å²) in [5, 5.41) is 7.07. The number of amides is 1. The van der Waals surface area contributed by atoms with Crippen LogP contribution in [-0.2, 0) is 6.54 Å². The average molecular weight is 366 g/mol. The van der Waals surface area contributed by atoms with Gasteiger partial charge in [0.15, 0.2) is 0 Å². The number of ether oxygens (including phenoxy) is 1. The van der Waals surface area contributed by atoms with Crippen LogP contribution in [0.4, 0.5) is 0 Å². The molecule has 134 valence electrons. The highest BCUT2D eigenvalue weighted by Gasteiger charge is 2.07. The summed E-state index contributed by atoms with van der Waals surface area (Å²) in [6.07, 6.45) is 5.75. The monoisotopic (exact) mass is 366 g/mol. The molecule has 0 spiro atoms. The Hall–Kier alpha value is -2.66. The fourth-order valence-corrected chi connectivity index (χ4v) is 3.16. The smallest absolute Gasteiger partial charge is 0.251 e. The van der Waals surface area contributed by atoms with Crippen molar-refractivity contribution < 1.29 is 9.53 Å². The first-order valence-corrected chi connectivity index (χ1v) is 9.68. The van der Waals surface area contributed by atoms with E-state index in [1.54, 1.807) is 29.7 Å². The molecule has 3 aromatic rings. The minimum Gasteiger partial charge on any atom is -0.494 e. The Bertz CT molecular complexity index is 829. The summed E-state index contributed by atoms with van der Waals surface area (Å²) in [4.78, 5) is 16.6. The second-order valence-corrected chi connectivity index (χ2v) is 6.78. The number of pyridine rings is 1. The van der Waals surface area contributed by atoms with Gasteiger partial charge in [0.2, 0.25) is 0 Å². The Morgan fingerprint density at radius 2 is 2.00 bits per heavy atom. The van der Waals surface area contributed by atoms with Crippen molar-refractivity contribution in [2.24, 2.45) is 0 Å². The third kappa shape index (κ3) is 4.92. The van der Waals surface area contributed by atoms with Gasteiger partial charge in [0.05, 0.1) is 6.61 Å². The van der Waals surface area contributed by atoms with Gasteiger partial charge in [0, 0.05) is 30.1 Å². The first-order valence-electron chi connectivity index (χ1n) is 8.74. The van der Waals surface area contributed by atoms with Crippen LogP contribution in [0.25, 0.3) is 11.1 Å². The molecule has 4 nitrogen and oxygen atoms in total. The molecule has 3 rings (SSSR count). The zero-order valence-corrected chi connectivity index (χ0v) is 15.6. The number of thiophene rings is 1. The maximum atomic E-state index is 12.3. The topological polar surface area (TPSA) is 51.2 Å². The molecule has 0 atom stereocenters. The molecule has 0 radical (unpaired) electrons. The maximum Gasteiger partial charge on any atom is 0.251 e. The van der Waals surface area contributed by atoms with Crippen LogP contribution in [-0.4, -0.2) is 17.5 Å². The number of carbonyl (C=O) groups excluding carboxylic acids is 1. The summed E-state index contributed by atoms with van der Waals surface area (Å²) in [6.45, 7) is 3.27. The van der Waals surface area contributed by atoms with Crippen LogP contribution in [0.2, 0.25) is 0 Å². The summed E-state index contributed by atoms with van der Waals surface area (Å²) in [7, 11) is 0. The van der Waals surface area contributed by atoms with Gasteiger partial charge in [-0.1, -0.05) is 13.3 Å². The Labute approximate surface area is 157 Å². The first-order chi connectivity index (χ1) is 12.8. The van der Waals surface area contributed by atoms with Crippen molar-refractivity contribution in [3.05, 3.63) is 70.7 Å². The lowest BCUT2D eigenvalue weighted by Crippen LogP contribution is -2.22. The van der Waals surface area contributed by atoms with E-state index >= 15 is 0 Å². The summed E-state index contributed by atoms with van der Waals surface area (Å²) in [6, 6.07) is 11.4.